The standard InChI is InChI=1S/C22H19F3N2OS/c1-13-10-14(2)20(15(3)11-13)18-12-29-21(26-18)27-19(28)9-6-16-4-7-17(8-5-16)22(23,24)25/h4-12H,1-3H3,(H,26,27,28)/b9-6+. The van der Waals surface area contributed by atoms with Crippen molar-refractivity contribution >= 4 is 28.5 Å². The number of hydrogen-bond acceptors (Lipinski definition) is 3. The van der Waals surface area contributed by atoms with Crippen molar-refractivity contribution in [2.45, 2.75) is 26.9 Å². The molecule has 2 aromatic carbocycles. The molecule has 0 aliphatic carbocycles. The number of benzene rings is 2. The van der Waals surface area contributed by atoms with Crippen LogP contribution in [-0.2, 0) is 11.0 Å². The Morgan fingerprint density at radius 3 is 2.28 bits per heavy atom. The van der Waals surface area contributed by atoms with Gasteiger partial charge in [0, 0.05) is 17.0 Å². The van der Waals surface area contributed by atoms with Crippen molar-refractivity contribution in [2.75, 3.05) is 5.32 Å². The van der Waals surface area contributed by atoms with Gasteiger partial charge in [0.25, 0.3) is 0 Å². The molecule has 1 N–H and O–H groups in total. The van der Waals surface area contributed by atoms with Crippen molar-refractivity contribution in [1.82, 2.24) is 4.98 Å². The van der Waals surface area contributed by atoms with Crippen LogP contribution in [0.25, 0.3) is 17.3 Å². The summed E-state index contributed by atoms with van der Waals surface area (Å²) >= 11 is 1.32. The van der Waals surface area contributed by atoms with Crippen molar-refractivity contribution in [1.29, 1.82) is 0 Å². The number of thiazole rings is 1. The Balaban J connectivity index is 1.69. The summed E-state index contributed by atoms with van der Waals surface area (Å²) in [5.74, 6) is -0.400. The van der Waals surface area contributed by atoms with Crippen LogP contribution >= 0.6 is 11.3 Å². The van der Waals surface area contributed by atoms with Crippen LogP contribution in [0.1, 0.15) is 27.8 Å². The second-order valence-corrected chi connectivity index (χ2v) is 7.61. The Morgan fingerprint density at radius 2 is 1.69 bits per heavy atom. The zero-order valence-electron chi connectivity index (χ0n) is 16.1. The normalized spacial score (nSPS) is 11.8. The van der Waals surface area contributed by atoms with Gasteiger partial charge in [-0.15, -0.1) is 11.3 Å². The zero-order chi connectivity index (χ0) is 21.2. The molecule has 1 aromatic heterocycles. The molecule has 3 rings (SSSR count). The van der Waals surface area contributed by atoms with Gasteiger partial charge in [-0.25, -0.2) is 4.98 Å². The average molecular weight is 416 g/mol. The van der Waals surface area contributed by atoms with Gasteiger partial charge in [-0.05, 0) is 55.7 Å². The van der Waals surface area contributed by atoms with E-state index in [0.717, 1.165) is 34.5 Å². The highest BCUT2D eigenvalue weighted by atomic mass is 32.1. The third-order valence-electron chi connectivity index (χ3n) is 4.33. The zero-order valence-corrected chi connectivity index (χ0v) is 16.9. The lowest BCUT2D eigenvalue weighted by atomic mass is 9.98. The quantitative estimate of drug-likeness (QED) is 0.500. The van der Waals surface area contributed by atoms with E-state index in [4.69, 9.17) is 0 Å². The van der Waals surface area contributed by atoms with E-state index in [1.165, 1.54) is 41.2 Å². The average Bonchev–Trinajstić information content (AvgIpc) is 3.06. The lowest BCUT2D eigenvalue weighted by Gasteiger charge is -2.08. The van der Waals surface area contributed by atoms with Crippen LogP contribution in [0.3, 0.4) is 0 Å². The summed E-state index contributed by atoms with van der Waals surface area (Å²) in [6, 6.07) is 8.78. The Kier molecular flexibility index (Phi) is 5.88. The van der Waals surface area contributed by atoms with Gasteiger partial charge in [-0.2, -0.15) is 13.2 Å². The van der Waals surface area contributed by atoms with Gasteiger partial charge in [-0.1, -0.05) is 29.8 Å². The molecule has 0 spiro atoms. The number of halogens is 3. The summed E-state index contributed by atoms with van der Waals surface area (Å²) in [7, 11) is 0. The molecule has 0 fully saturated rings. The molecule has 7 heteroatoms. The maximum atomic E-state index is 12.6. The number of anilines is 1. The fourth-order valence-corrected chi connectivity index (χ4v) is 3.84. The molecular formula is C22H19F3N2OS. The second kappa shape index (κ2) is 8.21. The molecule has 0 saturated heterocycles. The van der Waals surface area contributed by atoms with Gasteiger partial charge in [0.2, 0.25) is 5.91 Å². The highest BCUT2D eigenvalue weighted by Crippen LogP contribution is 2.31. The predicted molar refractivity (Wildman–Crippen MR) is 111 cm³/mol. The van der Waals surface area contributed by atoms with Gasteiger partial charge in [-0.3, -0.25) is 10.1 Å². The topological polar surface area (TPSA) is 42.0 Å². The van der Waals surface area contributed by atoms with E-state index in [0.29, 0.717) is 10.7 Å². The number of amides is 1. The van der Waals surface area contributed by atoms with E-state index in [9.17, 15) is 18.0 Å². The first-order chi connectivity index (χ1) is 13.6. The molecular weight excluding hydrogens is 397 g/mol. The van der Waals surface area contributed by atoms with Crippen LogP contribution in [0.4, 0.5) is 18.3 Å². The summed E-state index contributed by atoms with van der Waals surface area (Å²) < 4.78 is 37.7. The Morgan fingerprint density at radius 1 is 1.07 bits per heavy atom. The Hall–Kier alpha value is -2.93. The molecule has 1 heterocycles. The largest absolute Gasteiger partial charge is 0.416 e. The minimum Gasteiger partial charge on any atom is -0.298 e. The molecule has 3 aromatic rings. The number of aromatic nitrogens is 1. The molecule has 150 valence electrons. The van der Waals surface area contributed by atoms with Gasteiger partial charge in [0.1, 0.15) is 0 Å². The summed E-state index contributed by atoms with van der Waals surface area (Å²) in [6.45, 7) is 6.10. The maximum Gasteiger partial charge on any atom is 0.416 e. The van der Waals surface area contributed by atoms with Crippen LogP contribution in [0.5, 0.6) is 0 Å². The lowest BCUT2D eigenvalue weighted by Crippen LogP contribution is -2.07. The number of hydrogen-bond donors (Lipinski definition) is 1. The van der Waals surface area contributed by atoms with Crippen molar-refractivity contribution in [3.05, 3.63) is 75.7 Å². The molecule has 0 aliphatic rings. The van der Waals surface area contributed by atoms with E-state index in [1.54, 1.807) is 0 Å². The van der Waals surface area contributed by atoms with Crippen LogP contribution in [-0.4, -0.2) is 10.9 Å². The molecule has 3 nitrogen and oxygen atoms in total. The third kappa shape index (κ3) is 5.12. The van der Waals surface area contributed by atoms with Gasteiger partial charge in [0.05, 0.1) is 11.3 Å². The Bertz CT molecular complexity index is 1040. The summed E-state index contributed by atoms with van der Waals surface area (Å²) in [5, 5.41) is 5.04. The first-order valence-electron chi connectivity index (χ1n) is 8.83. The summed E-state index contributed by atoms with van der Waals surface area (Å²) in [6.07, 6.45) is -1.65. The minimum atomic E-state index is -4.38. The van der Waals surface area contributed by atoms with E-state index in [-0.39, 0.29) is 0 Å². The van der Waals surface area contributed by atoms with Crippen LogP contribution in [0.2, 0.25) is 0 Å². The number of rotatable bonds is 4. The van der Waals surface area contributed by atoms with Crippen molar-refractivity contribution in [3.8, 4) is 11.3 Å². The molecule has 0 bridgehead atoms. The van der Waals surface area contributed by atoms with Crippen LogP contribution in [0, 0.1) is 20.8 Å². The minimum absolute atomic E-state index is 0.400. The highest BCUT2D eigenvalue weighted by molar-refractivity contribution is 7.14. The molecule has 0 radical (unpaired) electrons. The molecule has 0 unspecified atom stereocenters. The SMILES string of the molecule is Cc1cc(C)c(-c2csc(NC(=O)/C=C/c3ccc(C(F)(F)F)cc3)n2)c(C)c1. The number of carbonyl (C=O) groups excluding carboxylic acids is 1. The van der Waals surface area contributed by atoms with Crippen molar-refractivity contribution < 1.29 is 18.0 Å². The first-order valence-corrected chi connectivity index (χ1v) is 9.71. The third-order valence-corrected chi connectivity index (χ3v) is 5.09. The van der Waals surface area contributed by atoms with Crippen molar-refractivity contribution in [3.63, 3.8) is 0 Å². The predicted octanol–water partition coefficient (Wildman–Crippen LogP) is 6.41. The fourth-order valence-electron chi connectivity index (χ4n) is 3.13. The first kappa shape index (κ1) is 20.8. The van der Waals surface area contributed by atoms with Gasteiger partial charge >= 0.3 is 6.18 Å². The summed E-state index contributed by atoms with van der Waals surface area (Å²) in [4.78, 5) is 16.6. The van der Waals surface area contributed by atoms with Gasteiger partial charge in [0.15, 0.2) is 5.13 Å². The Labute approximate surface area is 170 Å². The molecule has 0 saturated carbocycles. The fraction of sp³-hybridized carbons (Fsp3) is 0.182. The van der Waals surface area contributed by atoms with E-state index >= 15 is 0 Å². The maximum absolute atomic E-state index is 12.6. The second-order valence-electron chi connectivity index (χ2n) is 6.75. The van der Waals surface area contributed by atoms with Crippen LogP contribution < -0.4 is 5.32 Å². The summed E-state index contributed by atoms with van der Waals surface area (Å²) in [5.41, 5.74) is 5.04. The van der Waals surface area contributed by atoms with E-state index in [1.807, 2.05) is 26.2 Å². The molecule has 29 heavy (non-hydrogen) atoms. The van der Waals surface area contributed by atoms with Gasteiger partial charge < -0.3 is 0 Å². The lowest BCUT2D eigenvalue weighted by molar-refractivity contribution is -0.137. The number of carbonyl (C=O) groups is 1. The molecule has 0 aliphatic heterocycles. The number of nitrogens with zero attached hydrogens (tertiary/aromatic N) is 1. The van der Waals surface area contributed by atoms with Crippen LogP contribution in [0.15, 0.2) is 47.9 Å². The highest BCUT2D eigenvalue weighted by Gasteiger charge is 2.29. The number of nitrogens with one attached hydrogen (secondary N) is 1. The van der Waals surface area contributed by atoms with Crippen molar-refractivity contribution in [2.24, 2.45) is 0 Å². The molecule has 1 amide bonds. The van der Waals surface area contributed by atoms with E-state index in [2.05, 4.69) is 22.4 Å². The monoisotopic (exact) mass is 416 g/mol. The van der Waals surface area contributed by atoms with E-state index < -0.39 is 17.6 Å². The smallest absolute Gasteiger partial charge is 0.298 e. The number of alkyl halides is 3. The number of aryl methyl sites for hydroxylation is 3. The molecule has 0 atom stereocenters.